The predicted molar refractivity (Wildman–Crippen MR) is 63.8 cm³/mol. The van der Waals surface area contributed by atoms with Crippen LogP contribution in [-0.2, 0) is 9.53 Å². The molecule has 1 aliphatic rings. The topological polar surface area (TPSA) is 88.2 Å². The molecule has 0 aliphatic carbocycles. The zero-order chi connectivity index (χ0) is 13.0. The Morgan fingerprint density at radius 2 is 2.29 bits per heavy atom. The summed E-state index contributed by atoms with van der Waals surface area (Å²) < 4.78 is 5.47. The van der Waals surface area contributed by atoms with Crippen molar-refractivity contribution < 1.29 is 14.7 Å². The van der Waals surface area contributed by atoms with E-state index in [4.69, 9.17) is 15.7 Å². The van der Waals surface area contributed by atoms with Crippen LogP contribution < -0.4 is 5.73 Å². The lowest BCUT2D eigenvalue weighted by Gasteiger charge is -2.38. The highest BCUT2D eigenvalue weighted by atomic mass is 16.5. The third-order valence-corrected chi connectivity index (χ3v) is 3.07. The molecule has 0 spiro atoms. The van der Waals surface area contributed by atoms with Gasteiger partial charge >= 0.3 is 0 Å². The van der Waals surface area contributed by atoms with Crippen molar-refractivity contribution in [3.05, 3.63) is 0 Å². The maximum absolute atomic E-state index is 12.3. The first-order valence-corrected chi connectivity index (χ1v) is 5.90. The summed E-state index contributed by atoms with van der Waals surface area (Å²) in [7, 11) is 0. The molecule has 1 aliphatic heterocycles. The second-order valence-corrected chi connectivity index (χ2v) is 4.47. The van der Waals surface area contributed by atoms with E-state index in [1.165, 1.54) is 0 Å². The van der Waals surface area contributed by atoms with Crippen molar-refractivity contribution in [1.82, 2.24) is 4.90 Å². The van der Waals surface area contributed by atoms with Crippen molar-refractivity contribution in [3.63, 3.8) is 0 Å². The summed E-state index contributed by atoms with van der Waals surface area (Å²) >= 11 is 0. The molecule has 0 bridgehead atoms. The summed E-state index contributed by atoms with van der Waals surface area (Å²) in [5.74, 6) is -0.665. The second kappa shape index (κ2) is 5.86. The van der Waals surface area contributed by atoms with Crippen molar-refractivity contribution in [2.75, 3.05) is 13.2 Å². The number of oxime groups is 1. The molecular weight excluding hydrogens is 222 g/mol. The minimum Gasteiger partial charge on any atom is -0.409 e. The maximum Gasteiger partial charge on any atom is 0.233 e. The molecule has 3 N–H and O–H groups in total. The summed E-state index contributed by atoms with van der Waals surface area (Å²) in [4.78, 5) is 14.0. The van der Waals surface area contributed by atoms with E-state index in [2.05, 4.69) is 5.16 Å². The van der Waals surface area contributed by atoms with E-state index in [1.54, 1.807) is 4.90 Å². The van der Waals surface area contributed by atoms with E-state index in [0.717, 1.165) is 0 Å². The van der Waals surface area contributed by atoms with E-state index < -0.39 is 5.92 Å². The molecule has 0 aromatic heterocycles. The Balaban J connectivity index is 2.79. The zero-order valence-electron chi connectivity index (χ0n) is 10.6. The number of ether oxygens (including phenoxy) is 1. The number of amidine groups is 1. The van der Waals surface area contributed by atoms with Crippen molar-refractivity contribution >= 4 is 11.7 Å². The number of carbonyl (C=O) groups excluding carboxylic acids is 1. The fourth-order valence-corrected chi connectivity index (χ4v) is 1.99. The van der Waals surface area contributed by atoms with Crippen LogP contribution in [0, 0.1) is 5.92 Å². The van der Waals surface area contributed by atoms with Crippen LogP contribution in [0.15, 0.2) is 5.16 Å². The maximum atomic E-state index is 12.3. The molecule has 0 aromatic rings. The fourth-order valence-electron chi connectivity index (χ4n) is 1.99. The quantitative estimate of drug-likeness (QED) is 0.325. The summed E-state index contributed by atoms with van der Waals surface area (Å²) in [6.45, 7) is 6.78. The van der Waals surface area contributed by atoms with Gasteiger partial charge in [-0.05, 0) is 20.3 Å². The summed E-state index contributed by atoms with van der Waals surface area (Å²) in [6.07, 6.45) is 0.549. The molecular formula is C11H21N3O3. The number of amides is 1. The number of morpholine rings is 1. The lowest BCUT2D eigenvalue weighted by molar-refractivity contribution is -0.145. The molecule has 1 fully saturated rings. The third kappa shape index (κ3) is 3.09. The molecule has 3 atom stereocenters. The van der Waals surface area contributed by atoms with E-state index in [1.807, 2.05) is 20.8 Å². The van der Waals surface area contributed by atoms with Gasteiger partial charge in [-0.25, -0.2) is 0 Å². The van der Waals surface area contributed by atoms with Gasteiger partial charge in [0.25, 0.3) is 0 Å². The van der Waals surface area contributed by atoms with Crippen molar-refractivity contribution in [2.24, 2.45) is 16.8 Å². The van der Waals surface area contributed by atoms with Crippen molar-refractivity contribution in [3.8, 4) is 0 Å². The van der Waals surface area contributed by atoms with Crippen LogP contribution in [0.5, 0.6) is 0 Å². The number of nitrogens with zero attached hydrogens (tertiary/aromatic N) is 2. The Morgan fingerprint density at radius 3 is 2.82 bits per heavy atom. The molecule has 0 saturated carbocycles. The van der Waals surface area contributed by atoms with Crippen LogP contribution in [0.3, 0.4) is 0 Å². The largest absolute Gasteiger partial charge is 0.409 e. The van der Waals surface area contributed by atoms with Crippen LogP contribution in [0.4, 0.5) is 0 Å². The van der Waals surface area contributed by atoms with E-state index in [9.17, 15) is 4.79 Å². The number of hydrogen-bond acceptors (Lipinski definition) is 4. The SMILES string of the molecule is CCC(C(=O)N1CC(C)OCC1C)/C(N)=N\O. The number of nitrogens with two attached hydrogens (primary N) is 1. The summed E-state index contributed by atoms with van der Waals surface area (Å²) in [5, 5.41) is 11.6. The highest BCUT2D eigenvalue weighted by molar-refractivity contribution is 6.02. The minimum atomic E-state index is -0.548. The van der Waals surface area contributed by atoms with Crippen LogP contribution in [0.2, 0.25) is 0 Å². The number of hydrogen-bond donors (Lipinski definition) is 2. The molecule has 98 valence electrons. The molecule has 6 heteroatoms. The zero-order valence-corrected chi connectivity index (χ0v) is 10.6. The highest BCUT2D eigenvalue weighted by Crippen LogP contribution is 2.16. The standard InChI is InChI=1S/C11H21N3O3/c1-4-9(10(12)13-16)11(15)14-5-8(3)17-6-7(14)2/h7-9,16H,4-6H2,1-3H3,(H2,12,13). The monoisotopic (exact) mass is 243 g/mol. The summed E-state index contributed by atoms with van der Waals surface area (Å²) in [5.41, 5.74) is 5.54. The van der Waals surface area contributed by atoms with Gasteiger partial charge in [-0.1, -0.05) is 12.1 Å². The van der Waals surface area contributed by atoms with Crippen LogP contribution in [-0.4, -0.2) is 47.1 Å². The second-order valence-electron chi connectivity index (χ2n) is 4.47. The summed E-state index contributed by atoms with van der Waals surface area (Å²) in [6, 6.07) is 0.0271. The van der Waals surface area contributed by atoms with Gasteiger partial charge in [0.1, 0.15) is 0 Å². The Kier molecular flexibility index (Phi) is 4.74. The van der Waals surface area contributed by atoms with Gasteiger partial charge < -0.3 is 20.6 Å². The molecule has 6 nitrogen and oxygen atoms in total. The van der Waals surface area contributed by atoms with E-state index in [-0.39, 0.29) is 23.9 Å². The minimum absolute atomic E-state index is 0.0242. The first-order chi connectivity index (χ1) is 8.01. The van der Waals surface area contributed by atoms with Crippen LogP contribution in [0.25, 0.3) is 0 Å². The molecule has 3 unspecified atom stereocenters. The molecule has 0 aromatic carbocycles. The normalized spacial score (nSPS) is 27.9. The van der Waals surface area contributed by atoms with E-state index in [0.29, 0.717) is 19.6 Å². The van der Waals surface area contributed by atoms with Gasteiger partial charge in [-0.15, -0.1) is 0 Å². The van der Waals surface area contributed by atoms with Gasteiger partial charge in [0, 0.05) is 6.54 Å². The average molecular weight is 243 g/mol. The number of carbonyl (C=O) groups is 1. The van der Waals surface area contributed by atoms with Gasteiger partial charge in [-0.2, -0.15) is 0 Å². The smallest absolute Gasteiger partial charge is 0.233 e. The van der Waals surface area contributed by atoms with Crippen molar-refractivity contribution in [1.29, 1.82) is 0 Å². The van der Waals surface area contributed by atoms with Gasteiger partial charge in [-0.3, -0.25) is 4.79 Å². The molecule has 1 amide bonds. The lowest BCUT2D eigenvalue weighted by Crippen LogP contribution is -2.53. The first kappa shape index (κ1) is 13.8. The molecule has 1 rings (SSSR count). The molecule has 1 heterocycles. The highest BCUT2D eigenvalue weighted by Gasteiger charge is 2.33. The predicted octanol–water partition coefficient (Wildman–Crippen LogP) is 0.395. The van der Waals surface area contributed by atoms with Gasteiger partial charge in [0.05, 0.1) is 24.7 Å². The Hall–Kier alpha value is -1.30. The van der Waals surface area contributed by atoms with Gasteiger partial charge in [0.15, 0.2) is 5.84 Å². The fraction of sp³-hybridized carbons (Fsp3) is 0.818. The molecule has 1 saturated heterocycles. The third-order valence-electron chi connectivity index (χ3n) is 3.07. The average Bonchev–Trinajstić information content (AvgIpc) is 2.32. The molecule has 0 radical (unpaired) electrons. The Labute approximate surface area is 101 Å². The van der Waals surface area contributed by atoms with Crippen LogP contribution in [0.1, 0.15) is 27.2 Å². The van der Waals surface area contributed by atoms with Gasteiger partial charge in [0.2, 0.25) is 5.91 Å². The Bertz CT molecular complexity index is 306. The number of rotatable bonds is 3. The Morgan fingerprint density at radius 1 is 1.65 bits per heavy atom. The molecule has 17 heavy (non-hydrogen) atoms. The van der Waals surface area contributed by atoms with E-state index >= 15 is 0 Å². The first-order valence-electron chi connectivity index (χ1n) is 5.90. The van der Waals surface area contributed by atoms with Crippen LogP contribution >= 0.6 is 0 Å². The lowest BCUT2D eigenvalue weighted by atomic mass is 10.0. The van der Waals surface area contributed by atoms with Crippen molar-refractivity contribution in [2.45, 2.75) is 39.3 Å².